The lowest BCUT2D eigenvalue weighted by atomic mass is 10.1. The molecule has 0 amide bonds. The number of hydrogen-bond acceptors (Lipinski definition) is 2. The van der Waals surface area contributed by atoms with Gasteiger partial charge in [-0.1, -0.05) is 20.8 Å². The third-order valence-electron chi connectivity index (χ3n) is 1.96. The summed E-state index contributed by atoms with van der Waals surface area (Å²) in [5.41, 5.74) is 5.54. The molecule has 2 nitrogen and oxygen atoms in total. The van der Waals surface area contributed by atoms with Crippen molar-refractivity contribution in [3.63, 3.8) is 0 Å². The van der Waals surface area contributed by atoms with Crippen LogP contribution in [0.1, 0.15) is 27.2 Å². The van der Waals surface area contributed by atoms with Gasteiger partial charge in [0.1, 0.15) is 0 Å². The van der Waals surface area contributed by atoms with Crippen molar-refractivity contribution in [1.82, 2.24) is 4.90 Å². The smallest absolute Gasteiger partial charge is 0.00189 e. The predicted octanol–water partition coefficient (Wildman–Crippen LogP) is 1.31. The van der Waals surface area contributed by atoms with Gasteiger partial charge >= 0.3 is 0 Å². The molecule has 0 saturated heterocycles. The van der Waals surface area contributed by atoms with Crippen molar-refractivity contribution in [2.75, 3.05) is 26.2 Å². The molecule has 0 radical (unpaired) electrons. The first-order valence-corrected chi connectivity index (χ1v) is 4.66. The Morgan fingerprint density at radius 1 is 1.36 bits per heavy atom. The van der Waals surface area contributed by atoms with Crippen molar-refractivity contribution in [3.05, 3.63) is 0 Å². The van der Waals surface area contributed by atoms with E-state index in [2.05, 4.69) is 25.7 Å². The highest BCUT2D eigenvalue weighted by atomic mass is 15.1. The van der Waals surface area contributed by atoms with E-state index in [1.54, 1.807) is 0 Å². The summed E-state index contributed by atoms with van der Waals surface area (Å²) < 4.78 is 0. The number of hydrogen-bond donors (Lipinski definition) is 1. The van der Waals surface area contributed by atoms with Crippen molar-refractivity contribution in [2.24, 2.45) is 11.7 Å². The molecule has 0 aliphatic heterocycles. The van der Waals surface area contributed by atoms with Gasteiger partial charge in [0, 0.05) is 6.54 Å². The third-order valence-corrected chi connectivity index (χ3v) is 1.96. The van der Waals surface area contributed by atoms with Crippen LogP contribution in [-0.4, -0.2) is 31.1 Å². The normalized spacial score (nSPS) is 13.9. The quantitative estimate of drug-likeness (QED) is 0.631. The summed E-state index contributed by atoms with van der Waals surface area (Å²) in [6.07, 6.45) is 1.24. The van der Waals surface area contributed by atoms with Crippen LogP contribution < -0.4 is 5.73 Å². The van der Waals surface area contributed by atoms with Crippen molar-refractivity contribution in [2.45, 2.75) is 27.2 Å². The monoisotopic (exact) mass is 158 g/mol. The first-order valence-electron chi connectivity index (χ1n) is 4.66. The van der Waals surface area contributed by atoms with E-state index in [0.29, 0.717) is 5.92 Å². The van der Waals surface area contributed by atoms with Crippen LogP contribution in [0, 0.1) is 5.92 Å². The molecule has 0 heterocycles. The Balaban J connectivity index is 3.49. The van der Waals surface area contributed by atoms with Gasteiger partial charge in [0.15, 0.2) is 0 Å². The Kier molecular flexibility index (Phi) is 6.57. The number of nitrogens with zero attached hydrogens (tertiary/aromatic N) is 1. The molecule has 2 heteroatoms. The fraction of sp³-hybridized carbons (Fsp3) is 1.00. The van der Waals surface area contributed by atoms with E-state index in [4.69, 9.17) is 5.73 Å². The lowest BCUT2D eigenvalue weighted by Crippen LogP contribution is -2.32. The molecule has 0 fully saturated rings. The molecule has 68 valence electrons. The molecule has 0 aliphatic rings. The maximum absolute atomic E-state index is 5.54. The molecule has 0 spiro atoms. The van der Waals surface area contributed by atoms with E-state index >= 15 is 0 Å². The molecule has 0 aliphatic carbocycles. The lowest BCUT2D eigenvalue weighted by molar-refractivity contribution is 0.252. The van der Waals surface area contributed by atoms with E-state index in [0.717, 1.165) is 19.6 Å². The van der Waals surface area contributed by atoms with Crippen LogP contribution in [0.5, 0.6) is 0 Å². The SMILES string of the molecule is CCCN(CC)CC(C)CN. The van der Waals surface area contributed by atoms with Crippen molar-refractivity contribution in [3.8, 4) is 0 Å². The summed E-state index contributed by atoms with van der Waals surface area (Å²) in [4.78, 5) is 2.46. The lowest BCUT2D eigenvalue weighted by Gasteiger charge is -2.22. The molecule has 0 aromatic rings. The van der Waals surface area contributed by atoms with Gasteiger partial charge in [-0.2, -0.15) is 0 Å². The second kappa shape index (κ2) is 6.62. The zero-order chi connectivity index (χ0) is 8.69. The van der Waals surface area contributed by atoms with Gasteiger partial charge in [0.25, 0.3) is 0 Å². The molecule has 0 aromatic heterocycles. The Labute approximate surface area is 70.8 Å². The van der Waals surface area contributed by atoms with Gasteiger partial charge in [0.05, 0.1) is 0 Å². The topological polar surface area (TPSA) is 29.3 Å². The fourth-order valence-corrected chi connectivity index (χ4v) is 1.21. The molecule has 1 atom stereocenters. The molecule has 0 rings (SSSR count). The van der Waals surface area contributed by atoms with Crippen molar-refractivity contribution in [1.29, 1.82) is 0 Å². The van der Waals surface area contributed by atoms with Crippen LogP contribution in [-0.2, 0) is 0 Å². The number of nitrogens with two attached hydrogens (primary N) is 1. The van der Waals surface area contributed by atoms with Gasteiger partial charge in [-0.05, 0) is 32.0 Å². The van der Waals surface area contributed by atoms with Gasteiger partial charge < -0.3 is 10.6 Å². The largest absolute Gasteiger partial charge is 0.330 e. The minimum Gasteiger partial charge on any atom is -0.330 e. The average Bonchev–Trinajstić information content (AvgIpc) is 2.03. The molecule has 0 aromatic carbocycles. The molecular weight excluding hydrogens is 136 g/mol. The summed E-state index contributed by atoms with van der Waals surface area (Å²) in [5, 5.41) is 0. The standard InChI is InChI=1S/C9H22N2/c1-4-6-11(5-2)8-9(3)7-10/h9H,4-8,10H2,1-3H3. The van der Waals surface area contributed by atoms with Crippen LogP contribution in [0.4, 0.5) is 0 Å². The summed E-state index contributed by atoms with van der Waals surface area (Å²) in [7, 11) is 0. The van der Waals surface area contributed by atoms with E-state index in [9.17, 15) is 0 Å². The molecule has 1 unspecified atom stereocenters. The zero-order valence-corrected chi connectivity index (χ0v) is 8.14. The average molecular weight is 158 g/mol. The van der Waals surface area contributed by atoms with Crippen LogP contribution in [0.15, 0.2) is 0 Å². The summed E-state index contributed by atoms with van der Waals surface area (Å²) in [5.74, 6) is 0.640. The Morgan fingerprint density at radius 2 is 2.00 bits per heavy atom. The molecule has 2 N–H and O–H groups in total. The van der Waals surface area contributed by atoms with Crippen molar-refractivity contribution >= 4 is 0 Å². The molecule has 0 saturated carbocycles. The highest BCUT2D eigenvalue weighted by Crippen LogP contribution is 1.98. The molecular formula is C9H22N2. The predicted molar refractivity (Wildman–Crippen MR) is 50.6 cm³/mol. The second-order valence-electron chi connectivity index (χ2n) is 3.23. The highest BCUT2D eigenvalue weighted by molar-refractivity contribution is 4.60. The van der Waals surface area contributed by atoms with E-state index in [-0.39, 0.29) is 0 Å². The maximum atomic E-state index is 5.54. The minimum absolute atomic E-state index is 0.640. The fourth-order valence-electron chi connectivity index (χ4n) is 1.21. The van der Waals surface area contributed by atoms with Crippen LogP contribution in [0.2, 0.25) is 0 Å². The minimum atomic E-state index is 0.640. The van der Waals surface area contributed by atoms with Crippen LogP contribution >= 0.6 is 0 Å². The second-order valence-corrected chi connectivity index (χ2v) is 3.23. The summed E-state index contributed by atoms with van der Waals surface area (Å²) in [6, 6.07) is 0. The highest BCUT2D eigenvalue weighted by Gasteiger charge is 2.05. The number of rotatable bonds is 6. The third kappa shape index (κ3) is 5.22. The van der Waals surface area contributed by atoms with Gasteiger partial charge in [-0.15, -0.1) is 0 Å². The van der Waals surface area contributed by atoms with E-state index in [1.165, 1.54) is 13.0 Å². The van der Waals surface area contributed by atoms with E-state index in [1.807, 2.05) is 0 Å². The molecule has 11 heavy (non-hydrogen) atoms. The van der Waals surface area contributed by atoms with Gasteiger partial charge in [-0.25, -0.2) is 0 Å². The summed E-state index contributed by atoms with van der Waals surface area (Å²) >= 11 is 0. The summed E-state index contributed by atoms with van der Waals surface area (Å²) in [6.45, 7) is 11.0. The Bertz CT molecular complexity index is 83.6. The Morgan fingerprint density at radius 3 is 2.36 bits per heavy atom. The first-order chi connectivity index (χ1) is 5.24. The van der Waals surface area contributed by atoms with Crippen LogP contribution in [0.25, 0.3) is 0 Å². The van der Waals surface area contributed by atoms with Crippen LogP contribution in [0.3, 0.4) is 0 Å². The zero-order valence-electron chi connectivity index (χ0n) is 8.14. The van der Waals surface area contributed by atoms with Gasteiger partial charge in [-0.3, -0.25) is 0 Å². The first kappa shape index (κ1) is 10.9. The molecule has 0 bridgehead atoms. The van der Waals surface area contributed by atoms with Gasteiger partial charge in [0.2, 0.25) is 0 Å². The van der Waals surface area contributed by atoms with Crippen molar-refractivity contribution < 1.29 is 0 Å². The maximum Gasteiger partial charge on any atom is 0.00189 e. The van der Waals surface area contributed by atoms with E-state index < -0.39 is 0 Å². The Hall–Kier alpha value is -0.0800.